The highest BCUT2D eigenvalue weighted by molar-refractivity contribution is 6.30. The molecular formula is C14H16ClN3. The number of aryl methyl sites for hydroxylation is 1. The van der Waals surface area contributed by atoms with Gasteiger partial charge in [0.15, 0.2) is 0 Å². The second kappa shape index (κ2) is 5.96. The van der Waals surface area contributed by atoms with Crippen molar-refractivity contribution < 1.29 is 0 Å². The first kappa shape index (κ1) is 13.0. The van der Waals surface area contributed by atoms with Gasteiger partial charge in [0.05, 0.1) is 6.04 Å². The molecular weight excluding hydrogens is 246 g/mol. The summed E-state index contributed by atoms with van der Waals surface area (Å²) in [5.74, 6) is 5.66. The Bertz CT molecular complexity index is 528. The molecule has 0 radical (unpaired) electrons. The molecule has 3 N–H and O–H groups in total. The van der Waals surface area contributed by atoms with Gasteiger partial charge >= 0.3 is 0 Å². The number of hydrogen-bond acceptors (Lipinski definition) is 3. The van der Waals surface area contributed by atoms with Crippen LogP contribution in [-0.2, 0) is 6.42 Å². The molecule has 3 nitrogen and oxygen atoms in total. The first-order valence-corrected chi connectivity index (χ1v) is 6.19. The summed E-state index contributed by atoms with van der Waals surface area (Å²) in [7, 11) is 0. The summed E-state index contributed by atoms with van der Waals surface area (Å²) in [6, 6.07) is 9.88. The number of halogens is 1. The Morgan fingerprint density at radius 1 is 1.39 bits per heavy atom. The number of aromatic nitrogens is 1. The molecule has 18 heavy (non-hydrogen) atoms. The quantitative estimate of drug-likeness (QED) is 0.657. The van der Waals surface area contributed by atoms with Crippen LogP contribution in [0, 0.1) is 6.92 Å². The van der Waals surface area contributed by atoms with E-state index in [0.717, 1.165) is 28.1 Å². The maximum Gasteiger partial charge on any atom is 0.0504 e. The van der Waals surface area contributed by atoms with Crippen LogP contribution in [0.1, 0.15) is 22.7 Å². The Hall–Kier alpha value is -1.42. The fourth-order valence-electron chi connectivity index (χ4n) is 2.03. The lowest BCUT2D eigenvalue weighted by atomic mass is 9.97. The second-order valence-electron chi connectivity index (χ2n) is 4.29. The van der Waals surface area contributed by atoms with Gasteiger partial charge in [-0.15, -0.1) is 0 Å². The van der Waals surface area contributed by atoms with Crippen molar-refractivity contribution in [2.45, 2.75) is 19.4 Å². The summed E-state index contributed by atoms with van der Waals surface area (Å²) in [6.07, 6.45) is 4.42. The van der Waals surface area contributed by atoms with Crippen LogP contribution in [-0.4, -0.2) is 4.98 Å². The molecule has 0 saturated heterocycles. The molecule has 0 spiro atoms. The Balaban J connectivity index is 2.23. The molecule has 94 valence electrons. The first-order chi connectivity index (χ1) is 8.70. The fourth-order valence-corrected chi connectivity index (χ4v) is 2.25. The third-order valence-corrected chi connectivity index (χ3v) is 3.20. The molecule has 1 heterocycles. The van der Waals surface area contributed by atoms with Crippen LogP contribution >= 0.6 is 11.6 Å². The summed E-state index contributed by atoms with van der Waals surface area (Å²) in [5, 5.41) is 0.745. The molecule has 0 aliphatic rings. The minimum Gasteiger partial charge on any atom is -0.271 e. The van der Waals surface area contributed by atoms with E-state index in [4.69, 9.17) is 17.4 Å². The number of hydrogen-bond donors (Lipinski definition) is 2. The lowest BCUT2D eigenvalue weighted by Crippen LogP contribution is -2.30. The van der Waals surface area contributed by atoms with Gasteiger partial charge in [-0.1, -0.05) is 23.7 Å². The SMILES string of the molecule is Cc1cnccc1C(Cc1cccc(Cl)c1)NN. The van der Waals surface area contributed by atoms with E-state index in [2.05, 4.69) is 10.4 Å². The van der Waals surface area contributed by atoms with Gasteiger partial charge < -0.3 is 0 Å². The third-order valence-electron chi connectivity index (χ3n) is 2.97. The van der Waals surface area contributed by atoms with Gasteiger partial charge in [0.25, 0.3) is 0 Å². The molecule has 2 aromatic rings. The molecule has 1 unspecified atom stereocenters. The van der Waals surface area contributed by atoms with Crippen LogP contribution < -0.4 is 11.3 Å². The molecule has 0 saturated carbocycles. The van der Waals surface area contributed by atoms with E-state index in [-0.39, 0.29) is 6.04 Å². The topological polar surface area (TPSA) is 50.9 Å². The Kier molecular flexibility index (Phi) is 4.31. The first-order valence-electron chi connectivity index (χ1n) is 5.82. The van der Waals surface area contributed by atoms with E-state index in [0.29, 0.717) is 0 Å². The molecule has 2 rings (SSSR count). The van der Waals surface area contributed by atoms with Gasteiger partial charge in [-0.25, -0.2) is 0 Å². The summed E-state index contributed by atoms with van der Waals surface area (Å²) in [4.78, 5) is 4.09. The average Bonchev–Trinajstić information content (AvgIpc) is 2.37. The number of pyridine rings is 1. The number of rotatable bonds is 4. The smallest absolute Gasteiger partial charge is 0.0504 e. The minimum absolute atomic E-state index is 0.0615. The largest absolute Gasteiger partial charge is 0.271 e. The van der Waals surface area contributed by atoms with Gasteiger partial charge in [0, 0.05) is 17.4 Å². The predicted octanol–water partition coefficient (Wildman–Crippen LogP) is 2.79. The van der Waals surface area contributed by atoms with Crippen LogP contribution in [0.5, 0.6) is 0 Å². The zero-order chi connectivity index (χ0) is 13.0. The number of hydrazine groups is 1. The van der Waals surface area contributed by atoms with Crippen molar-refractivity contribution in [1.82, 2.24) is 10.4 Å². The van der Waals surface area contributed by atoms with Gasteiger partial charge in [-0.3, -0.25) is 16.3 Å². The van der Waals surface area contributed by atoms with E-state index in [9.17, 15) is 0 Å². The molecule has 4 heteroatoms. The van der Waals surface area contributed by atoms with E-state index < -0.39 is 0 Å². The highest BCUT2D eigenvalue weighted by atomic mass is 35.5. The van der Waals surface area contributed by atoms with E-state index in [1.54, 1.807) is 6.20 Å². The molecule has 0 bridgehead atoms. The summed E-state index contributed by atoms with van der Waals surface area (Å²) < 4.78 is 0. The molecule has 1 aromatic heterocycles. The summed E-state index contributed by atoms with van der Waals surface area (Å²) in [6.45, 7) is 2.03. The Labute approximate surface area is 112 Å². The lowest BCUT2D eigenvalue weighted by Gasteiger charge is -2.18. The van der Waals surface area contributed by atoms with Crippen molar-refractivity contribution in [2.75, 3.05) is 0 Å². The van der Waals surface area contributed by atoms with Gasteiger partial charge in [-0.05, 0) is 48.2 Å². The number of benzene rings is 1. The zero-order valence-electron chi connectivity index (χ0n) is 10.2. The standard InChI is InChI=1S/C14H16ClN3/c1-10-9-17-6-5-13(10)14(18-16)8-11-3-2-4-12(15)7-11/h2-7,9,14,18H,8,16H2,1H3. The number of nitrogens with zero attached hydrogens (tertiary/aromatic N) is 1. The maximum atomic E-state index is 5.99. The molecule has 1 atom stereocenters. The summed E-state index contributed by atoms with van der Waals surface area (Å²) in [5.41, 5.74) is 6.30. The second-order valence-corrected chi connectivity index (χ2v) is 4.72. The maximum absolute atomic E-state index is 5.99. The van der Waals surface area contributed by atoms with Gasteiger partial charge in [-0.2, -0.15) is 0 Å². The summed E-state index contributed by atoms with van der Waals surface area (Å²) >= 11 is 5.99. The van der Waals surface area contributed by atoms with E-state index in [1.807, 2.05) is 43.5 Å². The molecule has 0 fully saturated rings. The van der Waals surface area contributed by atoms with Crippen molar-refractivity contribution in [3.05, 3.63) is 64.4 Å². The van der Waals surface area contributed by atoms with Crippen molar-refractivity contribution in [2.24, 2.45) is 5.84 Å². The Morgan fingerprint density at radius 3 is 2.89 bits per heavy atom. The van der Waals surface area contributed by atoms with Crippen LogP contribution in [0.15, 0.2) is 42.7 Å². The van der Waals surface area contributed by atoms with Gasteiger partial charge in [0.1, 0.15) is 0 Å². The minimum atomic E-state index is 0.0615. The lowest BCUT2D eigenvalue weighted by molar-refractivity contribution is 0.549. The Morgan fingerprint density at radius 2 is 2.22 bits per heavy atom. The zero-order valence-corrected chi connectivity index (χ0v) is 11.0. The van der Waals surface area contributed by atoms with Crippen LogP contribution in [0.4, 0.5) is 0 Å². The highest BCUT2D eigenvalue weighted by Gasteiger charge is 2.12. The predicted molar refractivity (Wildman–Crippen MR) is 74.2 cm³/mol. The monoisotopic (exact) mass is 261 g/mol. The van der Waals surface area contributed by atoms with Crippen LogP contribution in [0.25, 0.3) is 0 Å². The number of nitrogens with one attached hydrogen (secondary N) is 1. The molecule has 0 aliphatic heterocycles. The van der Waals surface area contributed by atoms with Crippen molar-refractivity contribution in [1.29, 1.82) is 0 Å². The number of nitrogens with two attached hydrogens (primary N) is 1. The van der Waals surface area contributed by atoms with Crippen molar-refractivity contribution in [3.63, 3.8) is 0 Å². The van der Waals surface area contributed by atoms with Crippen LogP contribution in [0.2, 0.25) is 5.02 Å². The normalized spacial score (nSPS) is 12.4. The highest BCUT2D eigenvalue weighted by Crippen LogP contribution is 2.21. The van der Waals surface area contributed by atoms with Crippen LogP contribution in [0.3, 0.4) is 0 Å². The van der Waals surface area contributed by atoms with Crippen molar-refractivity contribution >= 4 is 11.6 Å². The molecule has 0 aliphatic carbocycles. The van der Waals surface area contributed by atoms with Gasteiger partial charge in [0.2, 0.25) is 0 Å². The fraction of sp³-hybridized carbons (Fsp3) is 0.214. The third kappa shape index (κ3) is 3.07. The van der Waals surface area contributed by atoms with Crippen molar-refractivity contribution in [3.8, 4) is 0 Å². The molecule has 1 aromatic carbocycles. The average molecular weight is 262 g/mol. The molecule has 0 amide bonds. The van der Waals surface area contributed by atoms with E-state index in [1.165, 1.54) is 0 Å². The van der Waals surface area contributed by atoms with E-state index >= 15 is 0 Å².